The molecule has 6 heteroatoms. The van der Waals surface area contributed by atoms with Crippen LogP contribution in [0.15, 0.2) is 34.7 Å². The van der Waals surface area contributed by atoms with E-state index in [1.54, 1.807) is 10.7 Å². The third-order valence-electron chi connectivity index (χ3n) is 4.38. The summed E-state index contributed by atoms with van der Waals surface area (Å²) in [5.41, 5.74) is 3.02. The van der Waals surface area contributed by atoms with Crippen LogP contribution in [0.1, 0.15) is 46.5 Å². The Morgan fingerprint density at radius 1 is 1.42 bits per heavy atom. The topological polar surface area (TPSA) is 80.3 Å². The summed E-state index contributed by atoms with van der Waals surface area (Å²) < 4.78 is 7.44. The first kappa shape index (κ1) is 15.0. The minimum Gasteiger partial charge on any atom is -0.459 e. The largest absolute Gasteiger partial charge is 0.459 e. The second-order valence-electron chi connectivity index (χ2n) is 6.27. The van der Waals surface area contributed by atoms with E-state index in [1.165, 1.54) is 5.56 Å². The van der Waals surface area contributed by atoms with E-state index in [2.05, 4.69) is 16.5 Å². The molecule has 24 heavy (non-hydrogen) atoms. The van der Waals surface area contributed by atoms with Crippen LogP contribution in [-0.4, -0.2) is 20.8 Å². The van der Waals surface area contributed by atoms with Crippen LogP contribution in [0.25, 0.3) is 11.0 Å². The number of aryl methyl sites for hydroxylation is 2. The maximum Gasteiger partial charge on any atom is 0.272 e. The lowest BCUT2D eigenvalue weighted by Gasteiger charge is -2.18. The number of nitrogens with one attached hydrogen (secondary N) is 1. The molecule has 0 saturated carbocycles. The van der Waals surface area contributed by atoms with E-state index in [1.807, 2.05) is 25.1 Å². The lowest BCUT2D eigenvalue weighted by atomic mass is 10.1. The molecule has 1 aromatic carbocycles. The predicted molar refractivity (Wildman–Crippen MR) is 88.5 cm³/mol. The maximum absolute atomic E-state index is 12.3. The standard InChI is InChI=1S/C18H19N3O3/c1-11-4-5-17-12(7-11)8-13(24-17)10-19-18(23)14-9-15-16(22)3-2-6-21(15)20-14/h4-5,7-9,16,22H,2-3,6,10H2,1H3,(H,19,23). The van der Waals surface area contributed by atoms with Gasteiger partial charge in [-0.25, -0.2) is 0 Å². The number of nitrogens with zero attached hydrogens (tertiary/aromatic N) is 2. The van der Waals surface area contributed by atoms with Crippen molar-refractivity contribution in [2.24, 2.45) is 0 Å². The van der Waals surface area contributed by atoms with Gasteiger partial charge in [0.05, 0.1) is 18.3 Å². The molecule has 2 aromatic heterocycles. The first-order chi connectivity index (χ1) is 11.6. The molecule has 0 saturated heterocycles. The summed E-state index contributed by atoms with van der Waals surface area (Å²) in [6.45, 7) is 3.07. The summed E-state index contributed by atoms with van der Waals surface area (Å²) in [7, 11) is 0. The number of carbonyl (C=O) groups is 1. The van der Waals surface area contributed by atoms with Crippen molar-refractivity contribution in [1.29, 1.82) is 0 Å². The summed E-state index contributed by atoms with van der Waals surface area (Å²) in [4.78, 5) is 12.3. The van der Waals surface area contributed by atoms with Crippen molar-refractivity contribution in [2.45, 2.75) is 39.0 Å². The minimum atomic E-state index is -0.536. The minimum absolute atomic E-state index is 0.263. The first-order valence-electron chi connectivity index (χ1n) is 8.13. The van der Waals surface area contributed by atoms with Crippen molar-refractivity contribution >= 4 is 16.9 Å². The van der Waals surface area contributed by atoms with E-state index in [0.29, 0.717) is 30.1 Å². The zero-order valence-corrected chi connectivity index (χ0v) is 13.5. The Morgan fingerprint density at radius 3 is 3.12 bits per heavy atom. The molecular formula is C18H19N3O3. The van der Waals surface area contributed by atoms with Crippen LogP contribution >= 0.6 is 0 Å². The lowest BCUT2D eigenvalue weighted by Crippen LogP contribution is -2.23. The van der Waals surface area contributed by atoms with Gasteiger partial charge in [-0.1, -0.05) is 11.6 Å². The van der Waals surface area contributed by atoms with E-state index in [0.717, 1.165) is 23.9 Å². The van der Waals surface area contributed by atoms with Crippen molar-refractivity contribution in [2.75, 3.05) is 0 Å². The van der Waals surface area contributed by atoms with Crippen LogP contribution in [-0.2, 0) is 13.1 Å². The highest BCUT2D eigenvalue weighted by Crippen LogP contribution is 2.25. The van der Waals surface area contributed by atoms with Gasteiger partial charge >= 0.3 is 0 Å². The quantitative estimate of drug-likeness (QED) is 0.776. The summed E-state index contributed by atoms with van der Waals surface area (Å²) in [6, 6.07) is 9.58. The van der Waals surface area contributed by atoms with E-state index in [9.17, 15) is 9.90 Å². The third-order valence-corrected chi connectivity index (χ3v) is 4.38. The average molecular weight is 325 g/mol. The molecule has 1 unspecified atom stereocenters. The highest BCUT2D eigenvalue weighted by atomic mass is 16.3. The monoisotopic (exact) mass is 325 g/mol. The lowest BCUT2D eigenvalue weighted by molar-refractivity contribution is 0.0942. The van der Waals surface area contributed by atoms with E-state index >= 15 is 0 Å². The van der Waals surface area contributed by atoms with Gasteiger partial charge in [0.25, 0.3) is 5.91 Å². The van der Waals surface area contributed by atoms with Crippen molar-refractivity contribution < 1.29 is 14.3 Å². The number of hydrogen-bond donors (Lipinski definition) is 2. The van der Waals surface area contributed by atoms with Gasteiger partial charge in [-0.2, -0.15) is 5.10 Å². The third kappa shape index (κ3) is 2.69. The second-order valence-corrected chi connectivity index (χ2v) is 6.27. The molecule has 4 rings (SSSR count). The van der Waals surface area contributed by atoms with Gasteiger partial charge < -0.3 is 14.8 Å². The smallest absolute Gasteiger partial charge is 0.272 e. The summed E-state index contributed by atoms with van der Waals surface area (Å²) in [6.07, 6.45) is 1.05. The van der Waals surface area contributed by atoms with Crippen LogP contribution in [0.3, 0.4) is 0 Å². The van der Waals surface area contributed by atoms with Crippen LogP contribution in [0.2, 0.25) is 0 Å². The zero-order valence-electron chi connectivity index (χ0n) is 13.5. The van der Waals surface area contributed by atoms with Crippen LogP contribution < -0.4 is 5.32 Å². The van der Waals surface area contributed by atoms with Gasteiger partial charge in [-0.05, 0) is 44.0 Å². The molecule has 124 valence electrons. The molecule has 2 N–H and O–H groups in total. The van der Waals surface area contributed by atoms with Crippen molar-refractivity contribution in [3.05, 3.63) is 53.0 Å². The maximum atomic E-state index is 12.3. The summed E-state index contributed by atoms with van der Waals surface area (Å²) in [5.74, 6) is 0.439. The molecule has 1 aliphatic heterocycles. The van der Waals surface area contributed by atoms with Crippen LogP contribution in [0.4, 0.5) is 0 Å². The zero-order chi connectivity index (χ0) is 16.7. The molecule has 1 amide bonds. The summed E-state index contributed by atoms with van der Waals surface area (Å²) in [5, 5.41) is 18.1. The summed E-state index contributed by atoms with van der Waals surface area (Å²) >= 11 is 0. The fourth-order valence-corrected chi connectivity index (χ4v) is 3.13. The highest BCUT2D eigenvalue weighted by Gasteiger charge is 2.22. The second kappa shape index (κ2) is 5.79. The Bertz CT molecular complexity index is 910. The van der Waals surface area contributed by atoms with Crippen LogP contribution in [0, 0.1) is 6.92 Å². The van der Waals surface area contributed by atoms with Crippen molar-refractivity contribution in [1.82, 2.24) is 15.1 Å². The van der Waals surface area contributed by atoms with Gasteiger partial charge in [-0.15, -0.1) is 0 Å². The Morgan fingerprint density at radius 2 is 2.29 bits per heavy atom. The number of carbonyl (C=O) groups excluding carboxylic acids is 1. The van der Waals surface area contributed by atoms with E-state index in [4.69, 9.17) is 4.42 Å². The molecule has 3 aromatic rings. The van der Waals surface area contributed by atoms with E-state index < -0.39 is 6.10 Å². The van der Waals surface area contributed by atoms with Gasteiger partial charge in [0.1, 0.15) is 11.3 Å². The van der Waals surface area contributed by atoms with Gasteiger partial charge in [0.2, 0.25) is 0 Å². The Hall–Kier alpha value is -2.60. The molecule has 3 heterocycles. The first-order valence-corrected chi connectivity index (χ1v) is 8.13. The number of aliphatic hydroxyl groups excluding tert-OH is 1. The number of amides is 1. The molecule has 6 nitrogen and oxygen atoms in total. The number of fused-ring (bicyclic) bond motifs is 2. The predicted octanol–water partition coefficient (Wildman–Crippen LogP) is 2.69. The molecule has 0 fully saturated rings. The SMILES string of the molecule is Cc1ccc2oc(CNC(=O)c3cc4n(n3)CCCC4O)cc2c1. The van der Waals surface area contributed by atoms with Crippen LogP contribution in [0.5, 0.6) is 0 Å². The fraction of sp³-hybridized carbons (Fsp3) is 0.333. The number of furan rings is 1. The molecule has 0 aliphatic carbocycles. The van der Waals surface area contributed by atoms with Crippen molar-refractivity contribution in [3.63, 3.8) is 0 Å². The number of aliphatic hydroxyl groups is 1. The Kier molecular flexibility index (Phi) is 3.61. The average Bonchev–Trinajstić information content (AvgIpc) is 3.16. The Balaban J connectivity index is 1.47. The van der Waals surface area contributed by atoms with Gasteiger partial charge in [-0.3, -0.25) is 9.48 Å². The molecule has 0 radical (unpaired) electrons. The fourth-order valence-electron chi connectivity index (χ4n) is 3.13. The Labute approximate surface area is 139 Å². The molecule has 1 aliphatic rings. The normalized spacial score (nSPS) is 17.0. The number of hydrogen-bond acceptors (Lipinski definition) is 4. The molecule has 0 bridgehead atoms. The number of rotatable bonds is 3. The molecule has 0 spiro atoms. The van der Waals surface area contributed by atoms with Gasteiger partial charge in [0.15, 0.2) is 5.69 Å². The molecular weight excluding hydrogens is 306 g/mol. The van der Waals surface area contributed by atoms with Gasteiger partial charge in [0, 0.05) is 11.9 Å². The highest BCUT2D eigenvalue weighted by molar-refractivity contribution is 5.92. The molecule has 1 atom stereocenters. The van der Waals surface area contributed by atoms with E-state index in [-0.39, 0.29) is 5.91 Å². The van der Waals surface area contributed by atoms with Crippen molar-refractivity contribution in [3.8, 4) is 0 Å². The number of aromatic nitrogens is 2. The number of benzene rings is 1.